The molecule has 0 saturated heterocycles. The largest absolute Gasteiger partial charge is 0.460 e. The molecule has 7 heteroatoms. The van der Waals surface area contributed by atoms with Crippen LogP contribution >= 0.6 is 12.4 Å². The second kappa shape index (κ2) is 10.6. The van der Waals surface area contributed by atoms with Crippen molar-refractivity contribution < 1.29 is 19.1 Å². The van der Waals surface area contributed by atoms with Gasteiger partial charge in [-0.25, -0.2) is 4.79 Å². The van der Waals surface area contributed by atoms with Gasteiger partial charge in [0.1, 0.15) is 12.2 Å². The van der Waals surface area contributed by atoms with Gasteiger partial charge in [-0.2, -0.15) is 0 Å². The number of ether oxygens (including phenoxy) is 2. The number of fused-ring (bicyclic) bond motifs is 3. The molecule has 1 aliphatic carbocycles. The minimum absolute atomic E-state index is 0. The Hall–Kier alpha value is -2.57. The van der Waals surface area contributed by atoms with Gasteiger partial charge in [-0.15, -0.1) is 12.4 Å². The molecule has 6 nitrogen and oxygen atoms in total. The number of carbonyl (C=O) groups excluding carboxylic acids is 2. The first kappa shape index (κ1) is 24.7. The summed E-state index contributed by atoms with van der Waals surface area (Å²) in [5.41, 5.74) is 9.90. The van der Waals surface area contributed by atoms with E-state index in [9.17, 15) is 9.59 Å². The third-order valence-corrected chi connectivity index (χ3v) is 5.07. The molecule has 2 aromatic rings. The van der Waals surface area contributed by atoms with Crippen molar-refractivity contribution in [2.75, 3.05) is 13.2 Å². The molecule has 0 bridgehead atoms. The lowest BCUT2D eigenvalue weighted by atomic mass is 9.98. The molecule has 0 saturated carbocycles. The number of alkyl carbamates (subject to hydrolysis) is 1. The fourth-order valence-corrected chi connectivity index (χ4v) is 3.74. The fraction of sp³-hybridized carbons (Fsp3) is 0.417. The first-order valence-electron chi connectivity index (χ1n) is 10.3. The highest BCUT2D eigenvalue weighted by Crippen LogP contribution is 2.44. The summed E-state index contributed by atoms with van der Waals surface area (Å²) in [4.78, 5) is 24.3. The highest BCUT2D eigenvalue weighted by atomic mass is 35.5. The molecule has 0 radical (unpaired) electrons. The van der Waals surface area contributed by atoms with Crippen molar-refractivity contribution in [3.63, 3.8) is 0 Å². The van der Waals surface area contributed by atoms with Gasteiger partial charge < -0.3 is 20.5 Å². The Morgan fingerprint density at radius 1 is 1.03 bits per heavy atom. The van der Waals surface area contributed by atoms with E-state index in [1.807, 2.05) is 45.0 Å². The summed E-state index contributed by atoms with van der Waals surface area (Å²) in [6.07, 6.45) is 0.0507. The Morgan fingerprint density at radius 3 is 2.10 bits per heavy atom. The zero-order valence-electron chi connectivity index (χ0n) is 18.2. The van der Waals surface area contributed by atoms with Crippen LogP contribution in [0.4, 0.5) is 4.79 Å². The summed E-state index contributed by atoms with van der Waals surface area (Å²) in [5.74, 6) is -0.309. The molecule has 0 aromatic heterocycles. The van der Waals surface area contributed by atoms with Gasteiger partial charge in [0.25, 0.3) is 0 Å². The molecule has 31 heavy (non-hydrogen) atoms. The molecule has 0 heterocycles. The number of nitrogens with two attached hydrogens (primary N) is 1. The van der Waals surface area contributed by atoms with E-state index in [1.165, 1.54) is 11.1 Å². The van der Waals surface area contributed by atoms with E-state index in [2.05, 4.69) is 29.6 Å². The van der Waals surface area contributed by atoms with Crippen molar-refractivity contribution in [2.24, 2.45) is 5.73 Å². The Bertz CT molecular complexity index is 865. The molecule has 3 rings (SSSR count). The van der Waals surface area contributed by atoms with Crippen LogP contribution in [0.1, 0.15) is 50.7 Å². The number of esters is 1. The van der Waals surface area contributed by atoms with E-state index >= 15 is 0 Å². The number of benzene rings is 2. The zero-order valence-corrected chi connectivity index (χ0v) is 19.0. The van der Waals surface area contributed by atoms with Crippen LogP contribution in [0.5, 0.6) is 0 Å². The SMILES string of the molecule is CC(C)(C)OC(=O)CC[C@@H](CN)NC(=O)OCC1c2ccccc2-c2ccccc21.Cl. The van der Waals surface area contributed by atoms with Crippen molar-refractivity contribution in [3.05, 3.63) is 59.7 Å². The Kier molecular flexibility index (Phi) is 8.48. The van der Waals surface area contributed by atoms with E-state index in [4.69, 9.17) is 15.2 Å². The van der Waals surface area contributed by atoms with Crippen molar-refractivity contribution in [1.82, 2.24) is 5.32 Å². The second-order valence-corrected chi connectivity index (χ2v) is 8.53. The number of amides is 1. The summed E-state index contributed by atoms with van der Waals surface area (Å²) in [5, 5.41) is 2.76. The maximum Gasteiger partial charge on any atom is 0.407 e. The number of rotatable bonds is 7. The lowest BCUT2D eigenvalue weighted by Crippen LogP contribution is -2.41. The van der Waals surface area contributed by atoms with Gasteiger partial charge in [0.2, 0.25) is 0 Å². The molecule has 0 unspecified atom stereocenters. The van der Waals surface area contributed by atoms with Crippen LogP contribution in [0, 0.1) is 0 Å². The van der Waals surface area contributed by atoms with Crippen LogP contribution in [-0.4, -0.2) is 36.9 Å². The van der Waals surface area contributed by atoms with Crippen molar-refractivity contribution >= 4 is 24.5 Å². The van der Waals surface area contributed by atoms with Crippen molar-refractivity contribution in [2.45, 2.75) is 51.2 Å². The predicted octanol–water partition coefficient (Wildman–Crippen LogP) is 4.40. The Morgan fingerprint density at radius 2 is 1.58 bits per heavy atom. The van der Waals surface area contributed by atoms with Gasteiger partial charge >= 0.3 is 12.1 Å². The van der Waals surface area contributed by atoms with Crippen LogP contribution in [0.3, 0.4) is 0 Å². The topological polar surface area (TPSA) is 90.6 Å². The fourth-order valence-electron chi connectivity index (χ4n) is 3.74. The van der Waals surface area contributed by atoms with Gasteiger partial charge in [0, 0.05) is 24.9 Å². The van der Waals surface area contributed by atoms with Gasteiger partial charge in [0.15, 0.2) is 0 Å². The lowest BCUT2D eigenvalue weighted by Gasteiger charge is -2.21. The minimum atomic E-state index is -0.532. The quantitative estimate of drug-likeness (QED) is 0.615. The van der Waals surface area contributed by atoms with Crippen LogP contribution < -0.4 is 11.1 Å². The molecule has 0 aliphatic heterocycles. The molecule has 1 aliphatic rings. The van der Waals surface area contributed by atoms with Crippen LogP contribution in [-0.2, 0) is 14.3 Å². The predicted molar refractivity (Wildman–Crippen MR) is 123 cm³/mol. The maximum absolute atomic E-state index is 12.4. The van der Waals surface area contributed by atoms with E-state index in [-0.39, 0.29) is 49.9 Å². The van der Waals surface area contributed by atoms with Crippen molar-refractivity contribution in [3.8, 4) is 11.1 Å². The summed E-state index contributed by atoms with van der Waals surface area (Å²) >= 11 is 0. The summed E-state index contributed by atoms with van der Waals surface area (Å²) in [6.45, 7) is 5.91. The number of nitrogens with one attached hydrogen (secondary N) is 1. The van der Waals surface area contributed by atoms with Crippen LogP contribution in [0.2, 0.25) is 0 Å². The first-order chi connectivity index (χ1) is 14.3. The summed E-state index contributed by atoms with van der Waals surface area (Å²) < 4.78 is 10.8. The van der Waals surface area contributed by atoms with E-state index in [0.717, 1.165) is 11.1 Å². The highest BCUT2D eigenvalue weighted by molar-refractivity contribution is 5.85. The molecule has 1 atom stereocenters. The second-order valence-electron chi connectivity index (χ2n) is 8.53. The molecule has 0 fully saturated rings. The third kappa shape index (κ3) is 6.45. The lowest BCUT2D eigenvalue weighted by molar-refractivity contribution is -0.155. The van der Waals surface area contributed by atoms with Crippen LogP contribution in [0.15, 0.2) is 48.5 Å². The molecule has 0 spiro atoms. The molecule has 3 N–H and O–H groups in total. The first-order valence-corrected chi connectivity index (χ1v) is 10.3. The zero-order chi connectivity index (χ0) is 21.7. The maximum atomic E-state index is 12.4. The normalized spacial score (nSPS) is 13.4. The van der Waals surface area contributed by atoms with Gasteiger partial charge in [-0.1, -0.05) is 48.5 Å². The average molecular weight is 447 g/mol. The third-order valence-electron chi connectivity index (χ3n) is 5.07. The number of hydrogen-bond acceptors (Lipinski definition) is 5. The Balaban J connectivity index is 0.00000341. The molecular formula is C24H31ClN2O4. The highest BCUT2D eigenvalue weighted by Gasteiger charge is 2.29. The van der Waals surface area contributed by atoms with Gasteiger partial charge in [0.05, 0.1) is 0 Å². The van der Waals surface area contributed by atoms with E-state index in [1.54, 1.807) is 0 Å². The molecule has 168 valence electrons. The minimum Gasteiger partial charge on any atom is -0.460 e. The van der Waals surface area contributed by atoms with Gasteiger partial charge in [-0.05, 0) is 49.4 Å². The molecule has 2 aromatic carbocycles. The number of hydrogen-bond donors (Lipinski definition) is 2. The van der Waals surface area contributed by atoms with Gasteiger partial charge in [-0.3, -0.25) is 4.79 Å². The van der Waals surface area contributed by atoms with Crippen LogP contribution in [0.25, 0.3) is 11.1 Å². The monoisotopic (exact) mass is 446 g/mol. The summed E-state index contributed by atoms with van der Waals surface area (Å²) in [6, 6.07) is 16.0. The average Bonchev–Trinajstić information content (AvgIpc) is 3.02. The van der Waals surface area contributed by atoms with Crippen molar-refractivity contribution in [1.29, 1.82) is 0 Å². The van der Waals surface area contributed by atoms with E-state index < -0.39 is 11.7 Å². The number of halogens is 1. The van der Waals surface area contributed by atoms with E-state index in [0.29, 0.717) is 6.42 Å². The number of carbonyl (C=O) groups is 2. The Labute approximate surface area is 189 Å². The summed E-state index contributed by atoms with van der Waals surface area (Å²) in [7, 11) is 0. The molecule has 1 amide bonds. The standard InChI is InChI=1S/C24H30N2O4.ClH/c1-24(2,3)30-22(27)13-12-16(14-25)26-23(28)29-15-21-19-10-6-4-8-17(19)18-9-5-7-11-20(18)21;/h4-11,16,21H,12-15,25H2,1-3H3,(H,26,28);1H/t16-;/m0./s1. The molecular weight excluding hydrogens is 416 g/mol. The smallest absolute Gasteiger partial charge is 0.407 e.